The first-order chi connectivity index (χ1) is 12.0. The first kappa shape index (κ1) is 17.1. The SMILES string of the molecule is CN1C(=O)C(CCNC(=O)Nc2ccc(Cl)cc2)Oc2ccccc21. The van der Waals surface area contributed by atoms with Crippen LogP contribution < -0.4 is 20.3 Å². The van der Waals surface area contributed by atoms with Crippen LogP contribution in [0.4, 0.5) is 16.2 Å². The van der Waals surface area contributed by atoms with Crippen LogP contribution in [0.25, 0.3) is 0 Å². The molecule has 1 aliphatic heterocycles. The lowest BCUT2D eigenvalue weighted by Crippen LogP contribution is -2.45. The van der Waals surface area contributed by atoms with Crippen LogP contribution in [0, 0.1) is 0 Å². The lowest BCUT2D eigenvalue weighted by molar-refractivity contribution is -0.126. The molecule has 0 saturated carbocycles. The van der Waals surface area contributed by atoms with E-state index < -0.39 is 6.10 Å². The van der Waals surface area contributed by atoms with Crippen molar-refractivity contribution >= 4 is 34.9 Å². The molecule has 7 heteroatoms. The van der Waals surface area contributed by atoms with Gasteiger partial charge in [-0.3, -0.25) is 4.79 Å². The Balaban J connectivity index is 1.51. The molecular weight excluding hydrogens is 342 g/mol. The summed E-state index contributed by atoms with van der Waals surface area (Å²) < 4.78 is 5.75. The van der Waals surface area contributed by atoms with Crippen molar-refractivity contribution in [1.82, 2.24) is 5.32 Å². The smallest absolute Gasteiger partial charge is 0.319 e. The molecule has 3 amide bonds. The predicted octanol–water partition coefficient (Wildman–Crippen LogP) is 3.28. The normalized spacial score (nSPS) is 16.0. The number of halogens is 1. The van der Waals surface area contributed by atoms with Crippen LogP contribution in [-0.4, -0.2) is 31.6 Å². The van der Waals surface area contributed by atoms with Gasteiger partial charge in [0.05, 0.1) is 5.69 Å². The second kappa shape index (κ2) is 7.44. The minimum absolute atomic E-state index is 0.126. The largest absolute Gasteiger partial charge is 0.478 e. The summed E-state index contributed by atoms with van der Waals surface area (Å²) in [4.78, 5) is 25.8. The van der Waals surface area contributed by atoms with Crippen molar-refractivity contribution in [2.75, 3.05) is 23.8 Å². The van der Waals surface area contributed by atoms with E-state index in [1.807, 2.05) is 24.3 Å². The van der Waals surface area contributed by atoms with E-state index in [0.717, 1.165) is 5.69 Å². The maximum Gasteiger partial charge on any atom is 0.319 e. The zero-order valence-corrected chi connectivity index (χ0v) is 14.4. The molecule has 25 heavy (non-hydrogen) atoms. The molecule has 0 radical (unpaired) electrons. The number of rotatable bonds is 4. The molecule has 1 heterocycles. The van der Waals surface area contributed by atoms with Gasteiger partial charge in [-0.2, -0.15) is 0 Å². The number of nitrogens with one attached hydrogen (secondary N) is 2. The van der Waals surface area contributed by atoms with Crippen molar-refractivity contribution in [1.29, 1.82) is 0 Å². The summed E-state index contributed by atoms with van der Waals surface area (Å²) in [5.41, 5.74) is 1.39. The number of amides is 3. The van der Waals surface area contributed by atoms with Gasteiger partial charge in [-0.05, 0) is 36.4 Å². The number of hydrogen-bond donors (Lipinski definition) is 2. The Morgan fingerprint density at radius 3 is 2.68 bits per heavy atom. The average molecular weight is 360 g/mol. The fourth-order valence-corrected chi connectivity index (χ4v) is 2.71. The van der Waals surface area contributed by atoms with Crippen LogP contribution in [0.3, 0.4) is 0 Å². The zero-order chi connectivity index (χ0) is 17.8. The number of benzene rings is 2. The third kappa shape index (κ3) is 4.03. The van der Waals surface area contributed by atoms with Crippen molar-refractivity contribution in [3.05, 3.63) is 53.6 Å². The number of ether oxygens (including phenoxy) is 1. The lowest BCUT2D eigenvalue weighted by Gasteiger charge is -2.31. The second-order valence-corrected chi connectivity index (χ2v) is 6.08. The van der Waals surface area contributed by atoms with Crippen LogP contribution in [0.15, 0.2) is 48.5 Å². The average Bonchev–Trinajstić information content (AvgIpc) is 2.61. The van der Waals surface area contributed by atoms with Gasteiger partial charge in [-0.25, -0.2) is 4.79 Å². The highest BCUT2D eigenvalue weighted by Crippen LogP contribution is 2.33. The van der Waals surface area contributed by atoms with Gasteiger partial charge in [0.25, 0.3) is 5.91 Å². The summed E-state index contributed by atoms with van der Waals surface area (Å²) in [6.45, 7) is 0.311. The van der Waals surface area contributed by atoms with E-state index in [4.69, 9.17) is 16.3 Å². The summed E-state index contributed by atoms with van der Waals surface area (Å²) in [6, 6.07) is 13.8. The highest BCUT2D eigenvalue weighted by Gasteiger charge is 2.31. The number of fused-ring (bicyclic) bond motifs is 1. The van der Waals surface area contributed by atoms with E-state index in [9.17, 15) is 9.59 Å². The standard InChI is InChI=1S/C18H18ClN3O3/c1-22-14-4-2-3-5-15(14)25-16(17(22)23)10-11-20-18(24)21-13-8-6-12(19)7-9-13/h2-9,16H,10-11H2,1H3,(H2,20,21,24). The van der Waals surface area contributed by atoms with Gasteiger partial charge in [0.2, 0.25) is 0 Å². The molecule has 0 bridgehead atoms. The van der Waals surface area contributed by atoms with Crippen molar-refractivity contribution in [2.45, 2.75) is 12.5 Å². The number of carbonyl (C=O) groups is 2. The molecule has 3 rings (SSSR count). The van der Waals surface area contributed by atoms with Gasteiger partial charge in [-0.15, -0.1) is 0 Å². The highest BCUT2D eigenvalue weighted by molar-refractivity contribution is 6.30. The van der Waals surface area contributed by atoms with Gasteiger partial charge < -0.3 is 20.3 Å². The number of anilines is 2. The Morgan fingerprint density at radius 2 is 1.92 bits per heavy atom. The molecule has 0 aromatic heterocycles. The quantitative estimate of drug-likeness (QED) is 0.880. The molecule has 0 fully saturated rings. The fourth-order valence-electron chi connectivity index (χ4n) is 2.58. The molecule has 1 atom stereocenters. The molecule has 2 N–H and O–H groups in total. The van der Waals surface area contributed by atoms with E-state index >= 15 is 0 Å². The lowest BCUT2D eigenvalue weighted by atomic mass is 10.1. The molecule has 6 nitrogen and oxygen atoms in total. The zero-order valence-electron chi connectivity index (χ0n) is 13.7. The van der Waals surface area contributed by atoms with Gasteiger partial charge in [0.1, 0.15) is 5.75 Å². The number of likely N-dealkylation sites (N-methyl/N-ethyl adjacent to an activating group) is 1. The topological polar surface area (TPSA) is 70.7 Å². The first-order valence-electron chi connectivity index (χ1n) is 7.88. The number of para-hydroxylation sites is 2. The fraction of sp³-hybridized carbons (Fsp3) is 0.222. The van der Waals surface area contributed by atoms with Crippen LogP contribution in [0.5, 0.6) is 5.75 Å². The minimum Gasteiger partial charge on any atom is -0.478 e. The van der Waals surface area contributed by atoms with E-state index in [1.165, 1.54) is 0 Å². The van der Waals surface area contributed by atoms with Crippen LogP contribution >= 0.6 is 11.6 Å². The Bertz CT molecular complexity index is 779. The van der Waals surface area contributed by atoms with Crippen LogP contribution in [0.1, 0.15) is 6.42 Å². The summed E-state index contributed by atoms with van der Waals surface area (Å²) in [5, 5.41) is 6.02. The molecule has 0 spiro atoms. The van der Waals surface area contributed by atoms with Crippen molar-refractivity contribution < 1.29 is 14.3 Å². The summed E-state index contributed by atoms with van der Waals surface area (Å²) in [6.07, 6.45) is -0.235. The molecule has 1 aliphatic rings. The maximum atomic E-state index is 12.3. The predicted molar refractivity (Wildman–Crippen MR) is 97.4 cm³/mol. The summed E-state index contributed by atoms with van der Waals surface area (Å²) in [7, 11) is 1.72. The molecule has 0 saturated heterocycles. The van der Waals surface area contributed by atoms with Crippen LogP contribution in [-0.2, 0) is 4.79 Å². The summed E-state index contributed by atoms with van der Waals surface area (Å²) in [5.74, 6) is 0.541. The maximum absolute atomic E-state index is 12.3. The van der Waals surface area contributed by atoms with E-state index in [1.54, 1.807) is 36.2 Å². The monoisotopic (exact) mass is 359 g/mol. The first-order valence-corrected chi connectivity index (χ1v) is 8.26. The molecule has 2 aromatic carbocycles. The van der Waals surface area contributed by atoms with E-state index in [0.29, 0.717) is 29.4 Å². The number of carbonyl (C=O) groups excluding carboxylic acids is 2. The third-order valence-electron chi connectivity index (χ3n) is 3.90. The Morgan fingerprint density at radius 1 is 1.20 bits per heavy atom. The molecular formula is C18H18ClN3O3. The Hall–Kier alpha value is -2.73. The molecule has 2 aromatic rings. The van der Waals surface area contributed by atoms with E-state index in [-0.39, 0.29) is 11.9 Å². The Kier molecular flexibility index (Phi) is 5.09. The number of urea groups is 1. The molecule has 0 aliphatic carbocycles. The van der Waals surface area contributed by atoms with Crippen LogP contribution in [0.2, 0.25) is 5.02 Å². The van der Waals surface area contributed by atoms with Crippen molar-refractivity contribution in [3.8, 4) is 5.75 Å². The number of nitrogens with zero attached hydrogens (tertiary/aromatic N) is 1. The highest BCUT2D eigenvalue weighted by atomic mass is 35.5. The minimum atomic E-state index is -0.615. The van der Waals surface area contributed by atoms with Gasteiger partial charge >= 0.3 is 6.03 Å². The van der Waals surface area contributed by atoms with Gasteiger partial charge in [-0.1, -0.05) is 23.7 Å². The van der Waals surface area contributed by atoms with Crippen molar-refractivity contribution in [3.63, 3.8) is 0 Å². The van der Waals surface area contributed by atoms with Crippen molar-refractivity contribution in [2.24, 2.45) is 0 Å². The Labute approximate surface area is 150 Å². The van der Waals surface area contributed by atoms with Gasteiger partial charge in [0, 0.05) is 30.7 Å². The van der Waals surface area contributed by atoms with Gasteiger partial charge in [0.15, 0.2) is 6.10 Å². The summed E-state index contributed by atoms with van der Waals surface area (Å²) >= 11 is 5.80. The third-order valence-corrected chi connectivity index (χ3v) is 4.15. The molecule has 1 unspecified atom stereocenters. The molecule has 130 valence electrons. The second-order valence-electron chi connectivity index (χ2n) is 5.65. The number of hydrogen-bond acceptors (Lipinski definition) is 3. The van der Waals surface area contributed by atoms with E-state index in [2.05, 4.69) is 10.6 Å².